The Labute approximate surface area is 116 Å². The molecular weight excluding hydrogens is 265 g/mol. The molecule has 0 bridgehead atoms. The second kappa shape index (κ2) is 7.25. The van der Waals surface area contributed by atoms with Crippen LogP contribution in [0, 0.1) is 5.82 Å². The Hall–Kier alpha value is -1.40. The van der Waals surface area contributed by atoms with Gasteiger partial charge >= 0.3 is 0 Å². The molecule has 1 fully saturated rings. The van der Waals surface area contributed by atoms with Gasteiger partial charge in [-0.15, -0.1) is 0 Å². The van der Waals surface area contributed by atoms with Crippen molar-refractivity contribution < 1.29 is 9.18 Å². The average Bonchev–Trinajstić information content (AvgIpc) is 2.40. The molecule has 0 aliphatic carbocycles. The second-order valence-corrected chi connectivity index (χ2v) is 5.46. The Morgan fingerprint density at radius 3 is 3.00 bits per heavy atom. The lowest BCUT2D eigenvalue weighted by molar-refractivity contribution is -0.122. The molecule has 0 radical (unpaired) electrons. The van der Waals surface area contributed by atoms with Gasteiger partial charge in [0.2, 0.25) is 0 Å². The summed E-state index contributed by atoms with van der Waals surface area (Å²) in [7, 11) is 0. The molecule has 1 amide bonds. The number of hydrogen-bond donors (Lipinski definition) is 1. The van der Waals surface area contributed by atoms with Crippen LogP contribution in [0.2, 0.25) is 0 Å². The minimum atomic E-state index is -0.318. The van der Waals surface area contributed by atoms with Crippen LogP contribution in [-0.4, -0.2) is 48.2 Å². The number of hydrazone groups is 1. The zero-order chi connectivity index (χ0) is 13.5. The number of halogens is 1. The van der Waals surface area contributed by atoms with Gasteiger partial charge in [0.25, 0.3) is 5.91 Å². The van der Waals surface area contributed by atoms with Crippen molar-refractivity contribution in [2.24, 2.45) is 5.10 Å². The van der Waals surface area contributed by atoms with E-state index in [4.69, 9.17) is 0 Å². The van der Waals surface area contributed by atoms with E-state index >= 15 is 0 Å². The van der Waals surface area contributed by atoms with Crippen molar-refractivity contribution in [2.45, 2.75) is 0 Å². The molecule has 0 unspecified atom stereocenters. The van der Waals surface area contributed by atoms with Crippen LogP contribution in [0.5, 0.6) is 0 Å². The Balaban J connectivity index is 1.76. The Morgan fingerprint density at radius 1 is 1.47 bits per heavy atom. The number of hydrogen-bond acceptors (Lipinski definition) is 4. The van der Waals surface area contributed by atoms with Gasteiger partial charge in [-0.25, -0.2) is 9.82 Å². The molecule has 1 aromatic carbocycles. The smallest absolute Gasteiger partial charge is 0.254 e. The molecule has 1 aliphatic heterocycles. The lowest BCUT2D eigenvalue weighted by atomic mass is 10.2. The third-order valence-corrected chi connectivity index (χ3v) is 3.66. The van der Waals surface area contributed by atoms with Crippen LogP contribution in [0.1, 0.15) is 5.56 Å². The van der Waals surface area contributed by atoms with Gasteiger partial charge in [0.15, 0.2) is 0 Å². The Kier molecular flexibility index (Phi) is 5.35. The number of rotatable bonds is 4. The van der Waals surface area contributed by atoms with Gasteiger partial charge in [-0.2, -0.15) is 16.9 Å². The number of amides is 1. The topological polar surface area (TPSA) is 44.7 Å². The third-order valence-electron chi connectivity index (χ3n) is 2.72. The first-order chi connectivity index (χ1) is 9.24. The number of thioether (sulfide) groups is 1. The lowest BCUT2D eigenvalue weighted by Gasteiger charge is -2.24. The molecule has 102 valence electrons. The van der Waals surface area contributed by atoms with Crippen LogP contribution in [0.15, 0.2) is 29.4 Å². The Bertz CT molecular complexity index is 461. The summed E-state index contributed by atoms with van der Waals surface area (Å²) in [6.45, 7) is 2.23. The normalized spacial score (nSPS) is 16.7. The standard InChI is InChI=1S/C13H16FN3OS/c14-12-3-1-2-11(8-12)9-15-16-13(18)10-17-4-6-19-7-5-17/h1-3,8-9H,4-7,10H2,(H,16,18)/b15-9-. The number of benzene rings is 1. The van der Waals surface area contributed by atoms with Crippen molar-refractivity contribution in [2.75, 3.05) is 31.1 Å². The molecule has 4 nitrogen and oxygen atoms in total. The zero-order valence-corrected chi connectivity index (χ0v) is 11.3. The molecular formula is C13H16FN3OS. The fourth-order valence-corrected chi connectivity index (χ4v) is 2.74. The number of carbonyl (C=O) groups excluding carboxylic acids is 1. The predicted octanol–water partition coefficient (Wildman–Crippen LogP) is 1.32. The highest BCUT2D eigenvalue weighted by molar-refractivity contribution is 7.99. The van der Waals surface area contributed by atoms with E-state index in [1.165, 1.54) is 18.3 Å². The monoisotopic (exact) mass is 281 g/mol. The van der Waals surface area contributed by atoms with Gasteiger partial charge in [0, 0.05) is 24.6 Å². The summed E-state index contributed by atoms with van der Waals surface area (Å²) in [4.78, 5) is 13.7. The third kappa shape index (κ3) is 5.00. The minimum absolute atomic E-state index is 0.139. The second-order valence-electron chi connectivity index (χ2n) is 4.24. The number of nitrogens with zero attached hydrogens (tertiary/aromatic N) is 2. The Morgan fingerprint density at radius 2 is 2.26 bits per heavy atom. The van der Waals surface area contributed by atoms with Crippen LogP contribution in [0.3, 0.4) is 0 Å². The first kappa shape index (κ1) is 14.0. The van der Waals surface area contributed by atoms with E-state index in [2.05, 4.69) is 15.4 Å². The first-order valence-corrected chi connectivity index (χ1v) is 7.27. The largest absolute Gasteiger partial charge is 0.293 e. The summed E-state index contributed by atoms with van der Waals surface area (Å²) < 4.78 is 12.9. The maximum atomic E-state index is 12.9. The molecule has 1 aromatic rings. The molecule has 6 heteroatoms. The highest BCUT2D eigenvalue weighted by Crippen LogP contribution is 2.08. The average molecular weight is 281 g/mol. The van der Waals surface area contributed by atoms with Crippen LogP contribution >= 0.6 is 11.8 Å². The molecule has 0 saturated carbocycles. The molecule has 19 heavy (non-hydrogen) atoms. The van der Waals surface area contributed by atoms with E-state index in [1.807, 2.05) is 11.8 Å². The van der Waals surface area contributed by atoms with Crippen molar-refractivity contribution in [3.8, 4) is 0 Å². The minimum Gasteiger partial charge on any atom is -0.293 e. The van der Waals surface area contributed by atoms with Crippen LogP contribution < -0.4 is 5.43 Å². The number of nitrogens with one attached hydrogen (secondary N) is 1. The molecule has 1 N–H and O–H groups in total. The maximum Gasteiger partial charge on any atom is 0.254 e. The van der Waals surface area contributed by atoms with Crippen molar-refractivity contribution in [3.63, 3.8) is 0 Å². The molecule has 0 spiro atoms. The van der Waals surface area contributed by atoms with Gasteiger partial charge in [-0.3, -0.25) is 9.69 Å². The van der Waals surface area contributed by atoms with Crippen molar-refractivity contribution in [1.82, 2.24) is 10.3 Å². The predicted molar refractivity (Wildman–Crippen MR) is 75.9 cm³/mol. The van der Waals surface area contributed by atoms with Gasteiger partial charge < -0.3 is 0 Å². The zero-order valence-electron chi connectivity index (χ0n) is 10.5. The maximum absolute atomic E-state index is 12.9. The van der Waals surface area contributed by atoms with E-state index in [0.717, 1.165) is 24.6 Å². The van der Waals surface area contributed by atoms with Crippen LogP contribution in [-0.2, 0) is 4.79 Å². The van der Waals surface area contributed by atoms with Crippen molar-refractivity contribution in [1.29, 1.82) is 0 Å². The lowest BCUT2D eigenvalue weighted by Crippen LogP contribution is -2.40. The summed E-state index contributed by atoms with van der Waals surface area (Å²) in [5, 5.41) is 3.83. The fourth-order valence-electron chi connectivity index (χ4n) is 1.76. The highest BCUT2D eigenvalue weighted by atomic mass is 32.2. The van der Waals surface area contributed by atoms with E-state index < -0.39 is 0 Å². The number of carbonyl (C=O) groups is 1. The van der Waals surface area contributed by atoms with Crippen molar-refractivity contribution >= 4 is 23.9 Å². The van der Waals surface area contributed by atoms with E-state index in [9.17, 15) is 9.18 Å². The summed E-state index contributed by atoms with van der Waals surface area (Å²) in [6, 6.07) is 6.05. The van der Waals surface area contributed by atoms with Gasteiger partial charge in [-0.1, -0.05) is 12.1 Å². The van der Waals surface area contributed by atoms with Crippen molar-refractivity contribution in [3.05, 3.63) is 35.6 Å². The highest BCUT2D eigenvalue weighted by Gasteiger charge is 2.13. The summed E-state index contributed by atoms with van der Waals surface area (Å²) >= 11 is 1.90. The summed E-state index contributed by atoms with van der Waals surface area (Å²) in [5.41, 5.74) is 3.08. The first-order valence-electron chi connectivity index (χ1n) is 6.11. The van der Waals surface area contributed by atoms with Crippen LogP contribution in [0.25, 0.3) is 0 Å². The molecule has 0 aromatic heterocycles. The molecule has 1 saturated heterocycles. The molecule has 1 heterocycles. The fraction of sp³-hybridized carbons (Fsp3) is 0.385. The van der Waals surface area contributed by atoms with Crippen LogP contribution in [0.4, 0.5) is 4.39 Å². The van der Waals surface area contributed by atoms with Gasteiger partial charge in [-0.05, 0) is 17.7 Å². The van der Waals surface area contributed by atoms with E-state index in [1.54, 1.807) is 12.1 Å². The van der Waals surface area contributed by atoms with Gasteiger partial charge in [0.05, 0.1) is 12.8 Å². The van der Waals surface area contributed by atoms with Gasteiger partial charge in [0.1, 0.15) is 5.82 Å². The molecule has 0 atom stereocenters. The summed E-state index contributed by atoms with van der Waals surface area (Å²) in [5.74, 6) is 1.68. The SMILES string of the molecule is O=C(CN1CCSCC1)N/N=C\c1cccc(F)c1. The van der Waals surface area contributed by atoms with E-state index in [0.29, 0.717) is 12.1 Å². The molecule has 2 rings (SSSR count). The van der Waals surface area contributed by atoms with E-state index in [-0.39, 0.29) is 11.7 Å². The quantitative estimate of drug-likeness (QED) is 0.669. The molecule has 1 aliphatic rings. The summed E-state index contributed by atoms with van der Waals surface area (Å²) in [6.07, 6.45) is 1.44.